The van der Waals surface area contributed by atoms with Crippen LogP contribution in [0.15, 0.2) is 12.3 Å². The van der Waals surface area contributed by atoms with E-state index < -0.39 is 0 Å². The molecule has 0 unspecified atom stereocenters. The van der Waals surface area contributed by atoms with Crippen molar-refractivity contribution in [3.63, 3.8) is 0 Å². The van der Waals surface area contributed by atoms with E-state index in [0.717, 1.165) is 29.0 Å². The van der Waals surface area contributed by atoms with Crippen LogP contribution in [0.25, 0.3) is 11.2 Å². The number of aromatic nitrogens is 3. The molecule has 3 rings (SSSR count). The van der Waals surface area contributed by atoms with Gasteiger partial charge in [-0.25, -0.2) is 4.98 Å². The van der Waals surface area contributed by atoms with Gasteiger partial charge in [-0.2, -0.15) is 11.8 Å². The summed E-state index contributed by atoms with van der Waals surface area (Å²) in [5, 5.41) is 0.629. The molecule has 7 heteroatoms. The van der Waals surface area contributed by atoms with E-state index in [2.05, 4.69) is 19.4 Å². The molecule has 1 fully saturated rings. The predicted octanol–water partition coefficient (Wildman–Crippen LogP) is 2.80. The van der Waals surface area contributed by atoms with Gasteiger partial charge in [-0.15, -0.1) is 0 Å². The third kappa shape index (κ3) is 2.97. The number of hydrogen-bond acceptors (Lipinski definition) is 4. The van der Waals surface area contributed by atoms with Crippen molar-refractivity contribution in [1.82, 2.24) is 19.4 Å². The number of imidazole rings is 1. The minimum atomic E-state index is 0.629. The van der Waals surface area contributed by atoms with Gasteiger partial charge in [-0.3, -0.25) is 4.90 Å². The first kappa shape index (κ1) is 13.4. The summed E-state index contributed by atoms with van der Waals surface area (Å²) in [7, 11) is 0. The largest absolute Gasteiger partial charge is 0.329 e. The van der Waals surface area contributed by atoms with Gasteiger partial charge in [-0.1, -0.05) is 11.6 Å². The van der Waals surface area contributed by atoms with Crippen LogP contribution in [0.4, 0.5) is 0 Å². The molecule has 0 bridgehead atoms. The third-order valence-electron chi connectivity index (χ3n) is 3.32. The standard InChI is InChI=1S/C12H15ClN4S2/c13-9-7-10-11(14-8-9)17(12(18)15-10)2-1-16-3-5-19-6-4-16/h7-8H,1-6H2,(H,15,18). The van der Waals surface area contributed by atoms with Gasteiger partial charge >= 0.3 is 0 Å². The Bertz CT molecular complexity index is 630. The van der Waals surface area contributed by atoms with Gasteiger partial charge in [0.2, 0.25) is 0 Å². The van der Waals surface area contributed by atoms with Crippen molar-refractivity contribution >= 4 is 46.7 Å². The highest BCUT2D eigenvalue weighted by molar-refractivity contribution is 7.99. The predicted molar refractivity (Wildman–Crippen MR) is 83.7 cm³/mol. The molecule has 0 amide bonds. The summed E-state index contributed by atoms with van der Waals surface area (Å²) in [6, 6.07) is 1.87. The van der Waals surface area contributed by atoms with Crippen molar-refractivity contribution in [2.45, 2.75) is 6.54 Å². The fraction of sp³-hybridized carbons (Fsp3) is 0.500. The second-order valence-corrected chi connectivity index (χ2v) is 6.61. The molecule has 1 aliphatic rings. The molecular formula is C12H15ClN4S2. The number of nitrogens with one attached hydrogen (secondary N) is 1. The minimum absolute atomic E-state index is 0.629. The molecule has 3 heterocycles. The van der Waals surface area contributed by atoms with Gasteiger partial charge in [0, 0.05) is 43.9 Å². The van der Waals surface area contributed by atoms with E-state index in [0.29, 0.717) is 5.02 Å². The Morgan fingerprint density at radius 2 is 2.16 bits per heavy atom. The van der Waals surface area contributed by atoms with E-state index in [1.165, 1.54) is 24.6 Å². The Hall–Kier alpha value is -0.560. The summed E-state index contributed by atoms with van der Waals surface area (Å²) < 4.78 is 2.78. The van der Waals surface area contributed by atoms with Crippen LogP contribution in [-0.4, -0.2) is 50.6 Å². The highest BCUT2D eigenvalue weighted by Crippen LogP contribution is 2.16. The van der Waals surface area contributed by atoms with Crippen LogP contribution in [0, 0.1) is 4.77 Å². The number of hydrogen-bond donors (Lipinski definition) is 1. The zero-order valence-electron chi connectivity index (χ0n) is 10.4. The lowest BCUT2D eigenvalue weighted by Crippen LogP contribution is -2.35. The van der Waals surface area contributed by atoms with Crippen LogP contribution >= 0.6 is 35.6 Å². The summed E-state index contributed by atoms with van der Waals surface area (Å²) in [6.45, 7) is 4.23. The van der Waals surface area contributed by atoms with E-state index >= 15 is 0 Å². The lowest BCUT2D eigenvalue weighted by Gasteiger charge is -2.26. The highest BCUT2D eigenvalue weighted by Gasteiger charge is 2.12. The summed E-state index contributed by atoms with van der Waals surface area (Å²) >= 11 is 13.3. The topological polar surface area (TPSA) is 36.9 Å². The molecule has 0 aliphatic carbocycles. The summed E-state index contributed by atoms with van der Waals surface area (Å²) in [5.74, 6) is 2.46. The Morgan fingerprint density at radius 3 is 2.95 bits per heavy atom. The van der Waals surface area contributed by atoms with Gasteiger partial charge in [0.15, 0.2) is 10.4 Å². The van der Waals surface area contributed by atoms with Crippen LogP contribution in [0.3, 0.4) is 0 Å². The van der Waals surface area contributed by atoms with Crippen LogP contribution in [0.2, 0.25) is 5.02 Å². The number of rotatable bonds is 3. The molecule has 0 aromatic carbocycles. The maximum Gasteiger partial charge on any atom is 0.179 e. The summed E-state index contributed by atoms with van der Waals surface area (Å²) in [4.78, 5) is 10.0. The normalized spacial score (nSPS) is 17.1. The van der Waals surface area contributed by atoms with E-state index in [1.54, 1.807) is 6.20 Å². The number of halogens is 1. The van der Waals surface area contributed by atoms with Crippen LogP contribution in [0.5, 0.6) is 0 Å². The van der Waals surface area contributed by atoms with Crippen molar-refractivity contribution in [2.24, 2.45) is 0 Å². The molecule has 0 atom stereocenters. The fourth-order valence-corrected chi connectivity index (χ4v) is 3.72. The number of aromatic amines is 1. The Balaban J connectivity index is 1.80. The van der Waals surface area contributed by atoms with E-state index in [1.807, 2.05) is 17.8 Å². The first-order chi connectivity index (χ1) is 9.24. The third-order valence-corrected chi connectivity index (χ3v) is 4.79. The van der Waals surface area contributed by atoms with Gasteiger partial charge in [0.25, 0.3) is 0 Å². The average molecular weight is 315 g/mol. The Kier molecular flexibility index (Phi) is 4.12. The molecular weight excluding hydrogens is 300 g/mol. The zero-order chi connectivity index (χ0) is 13.2. The van der Waals surface area contributed by atoms with Crippen molar-refractivity contribution in [2.75, 3.05) is 31.1 Å². The number of nitrogens with zero attached hydrogens (tertiary/aromatic N) is 3. The smallest absolute Gasteiger partial charge is 0.179 e. The fourth-order valence-electron chi connectivity index (χ4n) is 2.29. The maximum absolute atomic E-state index is 5.94. The molecule has 0 spiro atoms. The minimum Gasteiger partial charge on any atom is -0.329 e. The number of pyridine rings is 1. The van der Waals surface area contributed by atoms with E-state index in [4.69, 9.17) is 23.8 Å². The number of fused-ring (bicyclic) bond motifs is 1. The first-order valence-corrected chi connectivity index (χ1v) is 8.22. The van der Waals surface area contributed by atoms with Gasteiger partial charge in [0.1, 0.15) is 0 Å². The molecule has 0 saturated carbocycles. The molecule has 1 aliphatic heterocycles. The van der Waals surface area contributed by atoms with Crippen LogP contribution in [0.1, 0.15) is 0 Å². The van der Waals surface area contributed by atoms with Crippen molar-refractivity contribution in [3.8, 4) is 0 Å². The first-order valence-electron chi connectivity index (χ1n) is 6.28. The molecule has 102 valence electrons. The molecule has 1 saturated heterocycles. The van der Waals surface area contributed by atoms with Crippen LogP contribution < -0.4 is 0 Å². The summed E-state index contributed by atoms with van der Waals surface area (Å²) in [6.07, 6.45) is 1.67. The number of H-pyrrole nitrogens is 1. The second kappa shape index (κ2) is 5.83. The molecule has 1 N–H and O–H groups in total. The van der Waals surface area contributed by atoms with Crippen molar-refractivity contribution < 1.29 is 0 Å². The molecule has 4 nitrogen and oxygen atoms in total. The van der Waals surface area contributed by atoms with Gasteiger partial charge in [0.05, 0.1) is 10.5 Å². The maximum atomic E-state index is 5.94. The van der Waals surface area contributed by atoms with E-state index in [9.17, 15) is 0 Å². The van der Waals surface area contributed by atoms with Crippen LogP contribution in [-0.2, 0) is 6.54 Å². The Labute approximate surface area is 126 Å². The number of thioether (sulfide) groups is 1. The monoisotopic (exact) mass is 314 g/mol. The van der Waals surface area contributed by atoms with E-state index in [-0.39, 0.29) is 0 Å². The average Bonchev–Trinajstić information content (AvgIpc) is 2.72. The lowest BCUT2D eigenvalue weighted by molar-refractivity contribution is 0.290. The molecule has 2 aromatic rings. The molecule has 19 heavy (non-hydrogen) atoms. The molecule has 2 aromatic heterocycles. The van der Waals surface area contributed by atoms with Gasteiger partial charge in [-0.05, 0) is 18.3 Å². The Morgan fingerprint density at radius 1 is 1.37 bits per heavy atom. The summed E-state index contributed by atoms with van der Waals surface area (Å²) in [5.41, 5.74) is 1.80. The van der Waals surface area contributed by atoms with Crippen molar-refractivity contribution in [3.05, 3.63) is 22.1 Å². The van der Waals surface area contributed by atoms with Gasteiger partial charge < -0.3 is 9.55 Å². The lowest BCUT2D eigenvalue weighted by atomic mass is 10.4. The highest BCUT2D eigenvalue weighted by atomic mass is 35.5. The zero-order valence-corrected chi connectivity index (χ0v) is 12.8. The molecule has 0 radical (unpaired) electrons. The quantitative estimate of drug-likeness (QED) is 0.884. The SMILES string of the molecule is S=c1[nH]c2cc(Cl)cnc2n1CCN1CCSCC1. The second-order valence-electron chi connectivity index (χ2n) is 4.56. The van der Waals surface area contributed by atoms with Crippen molar-refractivity contribution in [1.29, 1.82) is 0 Å².